The number of fused-ring (bicyclic) bond motifs is 1. The summed E-state index contributed by atoms with van der Waals surface area (Å²) >= 11 is 3.45. The lowest BCUT2D eigenvalue weighted by Crippen LogP contribution is -2.40. The monoisotopic (exact) mass is 372 g/mol. The second-order valence-electron chi connectivity index (χ2n) is 6.48. The summed E-state index contributed by atoms with van der Waals surface area (Å²) in [6.45, 7) is 1.94. The highest BCUT2D eigenvalue weighted by molar-refractivity contribution is 7.98. The van der Waals surface area contributed by atoms with Crippen molar-refractivity contribution in [2.75, 3.05) is 24.2 Å². The second-order valence-corrected chi connectivity index (χ2v) is 8.36. The van der Waals surface area contributed by atoms with Crippen molar-refractivity contribution in [1.29, 1.82) is 0 Å². The Bertz CT molecular complexity index is 800. The Morgan fingerprint density at radius 1 is 1.24 bits per heavy atom. The highest BCUT2D eigenvalue weighted by Crippen LogP contribution is 2.30. The number of anilines is 1. The Hall–Kier alpha value is -1.79. The van der Waals surface area contributed by atoms with Gasteiger partial charge < -0.3 is 9.80 Å². The molecule has 130 valence electrons. The third-order valence-electron chi connectivity index (χ3n) is 4.98. The molecule has 4 rings (SSSR count). The van der Waals surface area contributed by atoms with E-state index >= 15 is 0 Å². The van der Waals surface area contributed by atoms with Gasteiger partial charge in [-0.3, -0.25) is 9.59 Å². The number of nitrogens with zero attached hydrogens (tertiary/aromatic N) is 2. The van der Waals surface area contributed by atoms with Crippen molar-refractivity contribution in [3.8, 4) is 0 Å². The van der Waals surface area contributed by atoms with Crippen LogP contribution >= 0.6 is 23.1 Å². The molecule has 0 spiro atoms. The van der Waals surface area contributed by atoms with Gasteiger partial charge in [0.05, 0.1) is 5.92 Å². The first kappa shape index (κ1) is 16.7. The van der Waals surface area contributed by atoms with Crippen LogP contribution in [-0.2, 0) is 22.6 Å². The maximum atomic E-state index is 12.9. The minimum Gasteiger partial charge on any atom is -0.338 e. The molecule has 1 saturated heterocycles. The molecule has 1 aromatic carbocycles. The van der Waals surface area contributed by atoms with Gasteiger partial charge in [0, 0.05) is 41.5 Å². The number of benzene rings is 1. The zero-order valence-electron chi connectivity index (χ0n) is 14.1. The average molecular weight is 373 g/mol. The maximum Gasteiger partial charge on any atom is 0.228 e. The molecular formula is C19H20N2O2S2. The first-order valence-electron chi connectivity index (χ1n) is 8.44. The molecule has 0 N–H and O–H groups in total. The van der Waals surface area contributed by atoms with E-state index in [4.69, 9.17) is 0 Å². The SMILES string of the molecule is CSc1ccc(N2CC(C(=O)N3CCc4sccc4C3)CC2=O)cc1. The van der Waals surface area contributed by atoms with E-state index in [1.54, 1.807) is 28.0 Å². The van der Waals surface area contributed by atoms with E-state index < -0.39 is 0 Å². The minimum atomic E-state index is -0.229. The Morgan fingerprint density at radius 3 is 2.80 bits per heavy atom. The van der Waals surface area contributed by atoms with Gasteiger partial charge in [-0.25, -0.2) is 0 Å². The van der Waals surface area contributed by atoms with Crippen molar-refractivity contribution < 1.29 is 9.59 Å². The van der Waals surface area contributed by atoms with Crippen LogP contribution in [0.25, 0.3) is 0 Å². The zero-order chi connectivity index (χ0) is 17.4. The number of carbonyl (C=O) groups is 2. The Balaban J connectivity index is 1.45. The molecule has 0 radical (unpaired) electrons. The van der Waals surface area contributed by atoms with Gasteiger partial charge in [0.1, 0.15) is 0 Å². The smallest absolute Gasteiger partial charge is 0.228 e. The lowest BCUT2D eigenvalue weighted by Gasteiger charge is -2.29. The third-order valence-corrected chi connectivity index (χ3v) is 6.74. The van der Waals surface area contributed by atoms with Crippen molar-refractivity contribution in [2.45, 2.75) is 24.3 Å². The molecular weight excluding hydrogens is 352 g/mol. The molecule has 3 heterocycles. The van der Waals surface area contributed by atoms with Gasteiger partial charge in [-0.2, -0.15) is 0 Å². The van der Waals surface area contributed by atoms with Gasteiger partial charge in [0.25, 0.3) is 0 Å². The molecule has 0 saturated carbocycles. The lowest BCUT2D eigenvalue weighted by molar-refractivity contribution is -0.136. The number of amides is 2. The molecule has 1 fully saturated rings. The van der Waals surface area contributed by atoms with Crippen LogP contribution in [0.4, 0.5) is 5.69 Å². The molecule has 6 heteroatoms. The molecule has 0 aliphatic carbocycles. The van der Waals surface area contributed by atoms with Crippen LogP contribution in [0.3, 0.4) is 0 Å². The van der Waals surface area contributed by atoms with E-state index in [1.165, 1.54) is 15.3 Å². The predicted octanol–water partition coefficient (Wildman–Crippen LogP) is 3.41. The van der Waals surface area contributed by atoms with Gasteiger partial charge >= 0.3 is 0 Å². The van der Waals surface area contributed by atoms with E-state index in [-0.39, 0.29) is 17.7 Å². The van der Waals surface area contributed by atoms with E-state index in [9.17, 15) is 9.59 Å². The normalized spacial score (nSPS) is 20.0. The standard InChI is InChI=1S/C19H20N2O2S2/c1-24-16-4-2-15(3-5-16)21-12-14(10-18(21)22)19(23)20-8-6-17-13(11-20)7-9-25-17/h2-5,7,9,14H,6,8,10-12H2,1H3. The lowest BCUT2D eigenvalue weighted by atomic mass is 10.0. The summed E-state index contributed by atoms with van der Waals surface area (Å²) in [6.07, 6.45) is 3.28. The molecule has 0 bridgehead atoms. The summed E-state index contributed by atoms with van der Waals surface area (Å²) in [5.74, 6) is -0.0650. The summed E-state index contributed by atoms with van der Waals surface area (Å²) < 4.78 is 0. The summed E-state index contributed by atoms with van der Waals surface area (Å²) in [5.41, 5.74) is 2.15. The number of thioether (sulfide) groups is 1. The molecule has 2 aliphatic heterocycles. The Kier molecular flexibility index (Phi) is 4.56. The minimum absolute atomic E-state index is 0.0449. The first-order valence-corrected chi connectivity index (χ1v) is 10.5. The molecule has 2 amide bonds. The number of hydrogen-bond donors (Lipinski definition) is 0. The summed E-state index contributed by atoms with van der Waals surface area (Å²) in [4.78, 5) is 31.6. The number of thiophene rings is 1. The van der Waals surface area contributed by atoms with Crippen molar-refractivity contribution in [3.63, 3.8) is 0 Å². The van der Waals surface area contributed by atoms with Gasteiger partial charge in [-0.05, 0) is 54.0 Å². The van der Waals surface area contributed by atoms with Crippen LogP contribution in [0, 0.1) is 5.92 Å². The molecule has 2 aliphatic rings. The van der Waals surface area contributed by atoms with Crippen molar-refractivity contribution >= 4 is 40.6 Å². The molecule has 1 atom stereocenters. The zero-order valence-corrected chi connectivity index (χ0v) is 15.7. The largest absolute Gasteiger partial charge is 0.338 e. The van der Waals surface area contributed by atoms with Crippen molar-refractivity contribution in [1.82, 2.24) is 4.90 Å². The van der Waals surface area contributed by atoms with Crippen molar-refractivity contribution in [2.24, 2.45) is 5.92 Å². The highest BCUT2D eigenvalue weighted by atomic mass is 32.2. The summed E-state index contributed by atoms with van der Waals surface area (Å²) in [6, 6.07) is 10.1. The molecule has 1 unspecified atom stereocenters. The highest BCUT2D eigenvalue weighted by Gasteiger charge is 2.38. The Labute approximate surface area is 155 Å². The maximum absolute atomic E-state index is 12.9. The number of rotatable bonds is 3. The van der Waals surface area contributed by atoms with Gasteiger partial charge in [0.15, 0.2) is 0 Å². The van der Waals surface area contributed by atoms with Crippen LogP contribution in [0.2, 0.25) is 0 Å². The topological polar surface area (TPSA) is 40.6 Å². The van der Waals surface area contributed by atoms with E-state index in [1.807, 2.05) is 35.4 Å². The molecule has 25 heavy (non-hydrogen) atoms. The van der Waals surface area contributed by atoms with Crippen molar-refractivity contribution in [3.05, 3.63) is 46.2 Å². The number of carbonyl (C=O) groups excluding carboxylic acids is 2. The fourth-order valence-electron chi connectivity index (χ4n) is 3.58. The molecule has 2 aromatic rings. The van der Waals surface area contributed by atoms with Crippen LogP contribution in [0.15, 0.2) is 40.6 Å². The summed E-state index contributed by atoms with van der Waals surface area (Å²) in [5, 5.41) is 2.09. The molecule has 4 nitrogen and oxygen atoms in total. The average Bonchev–Trinajstić information content (AvgIpc) is 3.27. The van der Waals surface area contributed by atoms with Crippen LogP contribution in [0.1, 0.15) is 16.9 Å². The first-order chi connectivity index (χ1) is 12.2. The van der Waals surface area contributed by atoms with E-state index in [2.05, 4.69) is 11.4 Å². The van der Waals surface area contributed by atoms with Crippen LogP contribution < -0.4 is 4.90 Å². The fourth-order valence-corrected chi connectivity index (χ4v) is 4.88. The summed E-state index contributed by atoms with van der Waals surface area (Å²) in [7, 11) is 0. The second kappa shape index (κ2) is 6.84. The van der Waals surface area contributed by atoms with E-state index in [0.29, 0.717) is 19.5 Å². The van der Waals surface area contributed by atoms with E-state index in [0.717, 1.165) is 18.7 Å². The van der Waals surface area contributed by atoms with Gasteiger partial charge in [-0.1, -0.05) is 0 Å². The Morgan fingerprint density at radius 2 is 2.04 bits per heavy atom. The number of hydrogen-bond acceptors (Lipinski definition) is 4. The van der Waals surface area contributed by atoms with Gasteiger partial charge in [0.2, 0.25) is 11.8 Å². The third kappa shape index (κ3) is 3.20. The molecule has 1 aromatic heterocycles. The predicted molar refractivity (Wildman–Crippen MR) is 102 cm³/mol. The van der Waals surface area contributed by atoms with Crippen LogP contribution in [-0.4, -0.2) is 36.1 Å². The quantitative estimate of drug-likeness (QED) is 0.776. The fraction of sp³-hybridized carbons (Fsp3) is 0.368. The van der Waals surface area contributed by atoms with Crippen LogP contribution in [0.5, 0.6) is 0 Å². The van der Waals surface area contributed by atoms with Gasteiger partial charge in [-0.15, -0.1) is 23.1 Å².